The van der Waals surface area contributed by atoms with Gasteiger partial charge in [-0.25, -0.2) is 4.79 Å². The van der Waals surface area contributed by atoms with Gasteiger partial charge in [0.25, 0.3) is 0 Å². The van der Waals surface area contributed by atoms with E-state index in [4.69, 9.17) is 10.5 Å². The molecular formula is C29H34N2O3. The number of Topliss-reactive ketones (excluding diaryl/α,β-unsaturated/α-hetero) is 1. The van der Waals surface area contributed by atoms with Crippen molar-refractivity contribution in [1.29, 1.82) is 0 Å². The van der Waals surface area contributed by atoms with Crippen molar-refractivity contribution in [2.75, 3.05) is 11.5 Å². The van der Waals surface area contributed by atoms with E-state index in [-0.39, 0.29) is 17.8 Å². The highest BCUT2D eigenvalue weighted by atomic mass is 16.5. The largest absolute Gasteiger partial charge is 0.463 e. The number of hydrogen-bond acceptors (Lipinski definition) is 5. The second-order valence-corrected chi connectivity index (χ2v) is 10.0. The number of esters is 1. The fraction of sp³-hybridized carbons (Fsp3) is 0.379. The Morgan fingerprint density at radius 1 is 1.06 bits per heavy atom. The van der Waals surface area contributed by atoms with E-state index in [0.717, 1.165) is 28.9 Å². The number of carbonyl (C=O) groups excluding carboxylic acids is 2. The normalized spacial score (nSPS) is 19.9. The monoisotopic (exact) mass is 458 g/mol. The van der Waals surface area contributed by atoms with Crippen molar-refractivity contribution in [3.63, 3.8) is 0 Å². The van der Waals surface area contributed by atoms with Crippen LogP contribution in [0.25, 0.3) is 0 Å². The minimum absolute atomic E-state index is 0.0576. The zero-order valence-corrected chi connectivity index (χ0v) is 20.8. The first-order chi connectivity index (χ1) is 16.2. The molecule has 4 rings (SSSR count). The third-order valence-corrected chi connectivity index (χ3v) is 6.77. The number of aryl methyl sites for hydroxylation is 2. The summed E-state index contributed by atoms with van der Waals surface area (Å²) in [7, 11) is 0. The third-order valence-electron chi connectivity index (χ3n) is 6.77. The topological polar surface area (TPSA) is 72.6 Å². The van der Waals surface area contributed by atoms with Gasteiger partial charge >= 0.3 is 5.97 Å². The molecule has 2 N–H and O–H groups in total. The summed E-state index contributed by atoms with van der Waals surface area (Å²) < 4.78 is 5.47. The highest BCUT2D eigenvalue weighted by Gasteiger charge is 2.46. The Morgan fingerprint density at radius 2 is 1.71 bits per heavy atom. The summed E-state index contributed by atoms with van der Waals surface area (Å²) in [5.74, 6) is -0.644. The van der Waals surface area contributed by atoms with Crippen molar-refractivity contribution >= 4 is 17.4 Å². The lowest BCUT2D eigenvalue weighted by Crippen LogP contribution is -2.43. The molecule has 0 unspecified atom stereocenters. The summed E-state index contributed by atoms with van der Waals surface area (Å²) in [6.07, 6.45) is 2.02. The van der Waals surface area contributed by atoms with Crippen molar-refractivity contribution in [2.45, 2.75) is 59.8 Å². The van der Waals surface area contributed by atoms with Crippen molar-refractivity contribution in [1.82, 2.24) is 0 Å². The van der Waals surface area contributed by atoms with Gasteiger partial charge in [-0.15, -0.1) is 0 Å². The number of carbonyl (C=O) groups is 2. The van der Waals surface area contributed by atoms with Crippen LogP contribution >= 0.6 is 0 Å². The van der Waals surface area contributed by atoms with E-state index < -0.39 is 11.9 Å². The van der Waals surface area contributed by atoms with Gasteiger partial charge < -0.3 is 10.5 Å². The quantitative estimate of drug-likeness (QED) is 0.596. The van der Waals surface area contributed by atoms with Gasteiger partial charge in [-0.2, -0.15) is 0 Å². The molecule has 1 aliphatic heterocycles. The van der Waals surface area contributed by atoms with E-state index in [1.165, 1.54) is 5.56 Å². The first kappa shape index (κ1) is 23.8. The molecule has 0 radical (unpaired) electrons. The summed E-state index contributed by atoms with van der Waals surface area (Å²) >= 11 is 0. The first-order valence-electron chi connectivity index (χ1n) is 12.1. The molecule has 0 saturated carbocycles. The summed E-state index contributed by atoms with van der Waals surface area (Å²) in [4.78, 5) is 28.9. The van der Waals surface area contributed by atoms with Crippen LogP contribution in [0, 0.1) is 12.3 Å². The third kappa shape index (κ3) is 4.27. The molecule has 1 aliphatic carbocycles. The molecular weight excluding hydrogens is 424 g/mol. The van der Waals surface area contributed by atoms with E-state index >= 15 is 0 Å². The van der Waals surface area contributed by atoms with Crippen LogP contribution < -0.4 is 10.6 Å². The lowest BCUT2D eigenvalue weighted by Gasteiger charge is -2.44. The predicted octanol–water partition coefficient (Wildman–Crippen LogP) is 5.54. The van der Waals surface area contributed by atoms with E-state index in [9.17, 15) is 9.59 Å². The molecule has 178 valence electrons. The summed E-state index contributed by atoms with van der Waals surface area (Å²) in [6.45, 7) is 10.3. The number of benzene rings is 2. The number of ketones is 1. The minimum atomic E-state index is -0.551. The van der Waals surface area contributed by atoms with Crippen LogP contribution in [-0.2, 0) is 20.7 Å². The number of anilines is 1. The SMILES string of the molecule is CCOC(=O)C1=C(N)N(c2ccc(C)cc2)C2=C(C(=O)CC(C)(C)C2)[C@H]1c1ccc(CC)cc1. The number of ether oxygens (including phenoxy) is 1. The second-order valence-electron chi connectivity index (χ2n) is 10.0. The molecule has 0 bridgehead atoms. The van der Waals surface area contributed by atoms with Crippen molar-refractivity contribution in [2.24, 2.45) is 11.1 Å². The Labute approximate surface area is 202 Å². The van der Waals surface area contributed by atoms with Gasteiger partial charge in [-0.1, -0.05) is 62.7 Å². The lowest BCUT2D eigenvalue weighted by molar-refractivity contribution is -0.138. The number of nitrogens with zero attached hydrogens (tertiary/aromatic N) is 1. The Kier molecular flexibility index (Phi) is 6.39. The molecule has 0 aromatic heterocycles. The highest BCUT2D eigenvalue weighted by Crippen LogP contribution is 2.50. The van der Waals surface area contributed by atoms with Gasteiger partial charge in [0, 0.05) is 23.4 Å². The number of rotatable bonds is 5. The molecule has 0 spiro atoms. The maximum Gasteiger partial charge on any atom is 0.338 e. The Balaban J connectivity index is 2.00. The number of allylic oxidation sites excluding steroid dienone is 2. The maximum atomic E-state index is 13.7. The fourth-order valence-electron chi connectivity index (χ4n) is 5.09. The van der Waals surface area contributed by atoms with Gasteiger partial charge in [0.05, 0.1) is 18.1 Å². The van der Waals surface area contributed by atoms with Crippen molar-refractivity contribution < 1.29 is 14.3 Å². The molecule has 0 amide bonds. The Bertz CT molecular complexity index is 1170. The molecule has 1 heterocycles. The molecule has 2 aliphatic rings. The molecule has 0 saturated heterocycles. The molecule has 0 fully saturated rings. The molecule has 5 nitrogen and oxygen atoms in total. The zero-order valence-electron chi connectivity index (χ0n) is 20.8. The van der Waals surface area contributed by atoms with E-state index in [0.29, 0.717) is 29.8 Å². The van der Waals surface area contributed by atoms with Gasteiger partial charge in [-0.05, 0) is 55.4 Å². The van der Waals surface area contributed by atoms with Gasteiger partial charge in [-0.3, -0.25) is 9.69 Å². The zero-order chi connectivity index (χ0) is 24.6. The standard InChI is InChI=1S/C29H34N2O3/c1-6-19-10-12-20(13-11-19)24-25-22(16-29(4,5)17-23(25)32)31(21-14-8-18(3)9-15-21)27(30)26(24)28(33)34-7-2/h8-15,24H,6-7,16-17,30H2,1-5H3/t24-/m1/s1. The van der Waals surface area contributed by atoms with Crippen molar-refractivity contribution in [3.05, 3.63) is 87.9 Å². The molecule has 2 aromatic carbocycles. The van der Waals surface area contributed by atoms with Crippen LogP contribution in [0.15, 0.2) is 71.2 Å². The van der Waals surface area contributed by atoms with E-state index in [2.05, 4.69) is 32.9 Å². The summed E-state index contributed by atoms with van der Waals surface area (Å²) in [5.41, 5.74) is 12.5. The van der Waals surface area contributed by atoms with Crippen LogP contribution in [0.1, 0.15) is 63.1 Å². The maximum absolute atomic E-state index is 13.7. The summed E-state index contributed by atoms with van der Waals surface area (Å²) in [5, 5.41) is 0. The Morgan fingerprint density at radius 3 is 2.29 bits per heavy atom. The van der Waals surface area contributed by atoms with Gasteiger partial charge in [0.15, 0.2) is 5.78 Å². The summed E-state index contributed by atoms with van der Waals surface area (Å²) in [6, 6.07) is 16.1. The number of nitrogens with two attached hydrogens (primary N) is 1. The highest BCUT2D eigenvalue weighted by molar-refractivity contribution is 6.05. The lowest BCUT2D eigenvalue weighted by atomic mass is 9.68. The van der Waals surface area contributed by atoms with Gasteiger partial charge in [0.2, 0.25) is 0 Å². The first-order valence-corrected chi connectivity index (χ1v) is 12.1. The molecule has 5 heteroatoms. The van der Waals surface area contributed by atoms with E-state index in [1.54, 1.807) is 6.92 Å². The van der Waals surface area contributed by atoms with Crippen molar-refractivity contribution in [3.8, 4) is 0 Å². The van der Waals surface area contributed by atoms with Crippen LogP contribution in [0.2, 0.25) is 0 Å². The number of hydrogen-bond donors (Lipinski definition) is 1. The average molecular weight is 459 g/mol. The molecule has 1 atom stereocenters. The van der Waals surface area contributed by atoms with Crippen LogP contribution in [0.5, 0.6) is 0 Å². The second kappa shape index (κ2) is 9.13. The Hall–Kier alpha value is -3.34. The van der Waals surface area contributed by atoms with E-state index in [1.807, 2.05) is 48.2 Å². The average Bonchev–Trinajstić information content (AvgIpc) is 2.78. The molecule has 2 aromatic rings. The van der Waals surface area contributed by atoms with Crippen LogP contribution in [-0.4, -0.2) is 18.4 Å². The molecule has 34 heavy (non-hydrogen) atoms. The van der Waals surface area contributed by atoms with Gasteiger partial charge in [0.1, 0.15) is 5.82 Å². The fourth-order valence-corrected chi connectivity index (χ4v) is 5.09. The minimum Gasteiger partial charge on any atom is -0.463 e. The van der Waals surface area contributed by atoms with Crippen LogP contribution in [0.3, 0.4) is 0 Å². The predicted molar refractivity (Wildman–Crippen MR) is 135 cm³/mol. The smallest absolute Gasteiger partial charge is 0.338 e. The van der Waals surface area contributed by atoms with Crippen LogP contribution in [0.4, 0.5) is 5.69 Å².